The van der Waals surface area contributed by atoms with E-state index >= 15 is 0 Å². The maximum absolute atomic E-state index is 12.8. The van der Waals surface area contributed by atoms with Gasteiger partial charge in [-0.25, -0.2) is 15.0 Å². The van der Waals surface area contributed by atoms with Gasteiger partial charge in [-0.3, -0.25) is 4.79 Å². The van der Waals surface area contributed by atoms with Crippen molar-refractivity contribution in [2.24, 2.45) is 0 Å². The summed E-state index contributed by atoms with van der Waals surface area (Å²) < 4.78 is 38.3. The number of nitrogens with zero attached hydrogens (tertiary/aromatic N) is 5. The van der Waals surface area contributed by atoms with E-state index in [1.165, 1.54) is 12.4 Å². The van der Waals surface area contributed by atoms with Crippen LogP contribution < -0.4 is 10.6 Å². The average Bonchev–Trinajstić information content (AvgIpc) is 2.87. The van der Waals surface area contributed by atoms with Crippen LogP contribution in [0.15, 0.2) is 24.7 Å². The molecule has 144 valence electrons. The highest BCUT2D eigenvalue weighted by molar-refractivity contribution is 6.33. The monoisotopic (exact) mass is 400 g/mol. The van der Waals surface area contributed by atoms with Gasteiger partial charge in [-0.1, -0.05) is 11.6 Å². The normalized spacial score (nSPS) is 15.6. The summed E-state index contributed by atoms with van der Waals surface area (Å²) in [7, 11) is 0. The van der Waals surface area contributed by atoms with Crippen LogP contribution >= 0.6 is 11.6 Å². The summed E-state index contributed by atoms with van der Waals surface area (Å²) in [6, 6.07) is 0.859. The molecule has 1 aliphatic heterocycles. The van der Waals surface area contributed by atoms with Crippen molar-refractivity contribution in [1.82, 2.24) is 19.9 Å². The highest BCUT2D eigenvalue weighted by Crippen LogP contribution is 2.33. The van der Waals surface area contributed by atoms with Crippen LogP contribution in [0.25, 0.3) is 0 Å². The second-order valence-electron chi connectivity index (χ2n) is 5.95. The molecule has 0 spiro atoms. The third-order valence-corrected chi connectivity index (χ3v) is 4.44. The Morgan fingerprint density at radius 2 is 1.85 bits per heavy atom. The fraction of sp³-hybridized carbons (Fsp3) is 0.375. The quantitative estimate of drug-likeness (QED) is 0.833. The van der Waals surface area contributed by atoms with E-state index in [9.17, 15) is 18.0 Å². The van der Waals surface area contributed by atoms with Crippen LogP contribution in [-0.4, -0.2) is 51.9 Å². The number of nitrogen functional groups attached to an aromatic ring is 1. The van der Waals surface area contributed by atoms with Gasteiger partial charge < -0.3 is 15.5 Å². The molecule has 0 atom stereocenters. The number of carbonyl (C=O) groups is 1. The van der Waals surface area contributed by atoms with Gasteiger partial charge in [-0.05, 0) is 12.5 Å². The molecule has 2 N–H and O–H groups in total. The summed E-state index contributed by atoms with van der Waals surface area (Å²) in [4.78, 5) is 27.7. The van der Waals surface area contributed by atoms with E-state index in [0.29, 0.717) is 32.6 Å². The lowest BCUT2D eigenvalue weighted by Gasteiger charge is -2.24. The molecule has 3 heterocycles. The van der Waals surface area contributed by atoms with Crippen molar-refractivity contribution in [2.45, 2.75) is 12.6 Å². The highest BCUT2D eigenvalue weighted by Gasteiger charge is 2.32. The van der Waals surface area contributed by atoms with Gasteiger partial charge in [-0.15, -0.1) is 0 Å². The molecule has 0 radical (unpaired) electrons. The molecule has 11 heteroatoms. The van der Waals surface area contributed by atoms with Crippen molar-refractivity contribution in [3.05, 3.63) is 40.9 Å². The van der Waals surface area contributed by atoms with Gasteiger partial charge in [-0.2, -0.15) is 13.2 Å². The Morgan fingerprint density at radius 3 is 2.52 bits per heavy atom. The van der Waals surface area contributed by atoms with Gasteiger partial charge in [0.1, 0.15) is 5.82 Å². The summed E-state index contributed by atoms with van der Waals surface area (Å²) in [6.07, 6.45) is -0.373. The molecule has 2 aromatic heterocycles. The van der Waals surface area contributed by atoms with Crippen LogP contribution in [-0.2, 0) is 6.18 Å². The van der Waals surface area contributed by atoms with Crippen molar-refractivity contribution < 1.29 is 18.0 Å². The third kappa shape index (κ3) is 4.21. The van der Waals surface area contributed by atoms with Crippen LogP contribution in [0.3, 0.4) is 0 Å². The number of carbonyl (C=O) groups excluding carboxylic acids is 1. The lowest BCUT2D eigenvalue weighted by atomic mass is 10.2. The second kappa shape index (κ2) is 7.55. The number of halogens is 4. The van der Waals surface area contributed by atoms with E-state index in [1.807, 2.05) is 0 Å². The zero-order valence-electron chi connectivity index (χ0n) is 14.1. The van der Waals surface area contributed by atoms with E-state index in [1.54, 1.807) is 9.80 Å². The van der Waals surface area contributed by atoms with Crippen LogP contribution in [0.1, 0.15) is 22.5 Å². The van der Waals surface area contributed by atoms with Crippen LogP contribution in [0.4, 0.5) is 24.8 Å². The zero-order valence-corrected chi connectivity index (χ0v) is 14.8. The highest BCUT2D eigenvalue weighted by atomic mass is 35.5. The second-order valence-corrected chi connectivity index (χ2v) is 6.36. The van der Waals surface area contributed by atoms with Gasteiger partial charge in [0.05, 0.1) is 10.6 Å². The Bertz CT molecular complexity index is 847. The summed E-state index contributed by atoms with van der Waals surface area (Å²) in [5.74, 6) is -0.0250. The minimum absolute atomic E-state index is 0.0519. The predicted octanol–water partition coefficient (Wildman–Crippen LogP) is 2.48. The van der Waals surface area contributed by atoms with Crippen molar-refractivity contribution in [3.8, 4) is 0 Å². The van der Waals surface area contributed by atoms with Crippen molar-refractivity contribution >= 4 is 29.1 Å². The van der Waals surface area contributed by atoms with E-state index in [2.05, 4.69) is 15.0 Å². The molecule has 0 unspecified atom stereocenters. The molecule has 3 rings (SSSR count). The molecule has 1 aliphatic rings. The third-order valence-electron chi connectivity index (χ3n) is 4.16. The van der Waals surface area contributed by atoms with Gasteiger partial charge in [0, 0.05) is 44.8 Å². The molecular weight excluding hydrogens is 385 g/mol. The summed E-state index contributed by atoms with van der Waals surface area (Å²) in [5.41, 5.74) is 4.88. The van der Waals surface area contributed by atoms with Gasteiger partial charge in [0.25, 0.3) is 5.91 Å². The molecule has 0 aromatic carbocycles. The molecule has 7 nitrogen and oxygen atoms in total. The van der Waals surface area contributed by atoms with Crippen LogP contribution in [0, 0.1) is 0 Å². The zero-order chi connectivity index (χ0) is 19.6. The molecule has 0 bridgehead atoms. The number of anilines is 2. The first-order chi connectivity index (χ1) is 12.8. The van der Waals surface area contributed by atoms with Crippen LogP contribution in [0.2, 0.25) is 5.02 Å². The van der Waals surface area contributed by atoms with Gasteiger partial charge in [0.15, 0.2) is 11.5 Å². The largest absolute Gasteiger partial charge is 0.417 e. The smallest absolute Gasteiger partial charge is 0.382 e. The number of hydrogen-bond donors (Lipinski definition) is 1. The molecule has 2 aromatic rings. The first-order valence-corrected chi connectivity index (χ1v) is 8.48. The standard InChI is InChI=1S/C16H16ClF3N6O/c17-11-8-10(16(18,19)20)9-24-14(11)25-4-1-5-26(7-6-25)15(27)12-13(21)23-3-2-22-12/h2-3,8-9H,1,4-7H2,(H2,21,23). The first-order valence-electron chi connectivity index (χ1n) is 8.11. The van der Waals surface area contributed by atoms with Crippen molar-refractivity contribution in [3.63, 3.8) is 0 Å². The van der Waals surface area contributed by atoms with Gasteiger partial charge in [0.2, 0.25) is 0 Å². The minimum Gasteiger partial charge on any atom is -0.382 e. The Kier molecular flexibility index (Phi) is 5.36. The number of alkyl halides is 3. The average molecular weight is 401 g/mol. The molecule has 0 aliphatic carbocycles. The maximum atomic E-state index is 12.8. The molecular formula is C16H16ClF3N6O. The summed E-state index contributed by atoms with van der Waals surface area (Å²) >= 11 is 6.02. The predicted molar refractivity (Wildman–Crippen MR) is 93.4 cm³/mol. The lowest BCUT2D eigenvalue weighted by molar-refractivity contribution is -0.137. The van der Waals surface area contributed by atoms with E-state index in [-0.39, 0.29) is 28.3 Å². The SMILES string of the molecule is Nc1nccnc1C(=O)N1CCCN(c2ncc(C(F)(F)F)cc2Cl)CC1. The minimum atomic E-state index is -4.51. The number of amides is 1. The van der Waals surface area contributed by atoms with E-state index < -0.39 is 11.7 Å². The van der Waals surface area contributed by atoms with E-state index in [0.717, 1.165) is 12.3 Å². The Morgan fingerprint density at radius 1 is 1.11 bits per heavy atom. The number of hydrogen-bond acceptors (Lipinski definition) is 6. The lowest BCUT2D eigenvalue weighted by Crippen LogP contribution is -2.36. The number of nitrogens with two attached hydrogens (primary N) is 1. The van der Waals surface area contributed by atoms with E-state index in [4.69, 9.17) is 17.3 Å². The maximum Gasteiger partial charge on any atom is 0.417 e. The van der Waals surface area contributed by atoms with Crippen LogP contribution in [0.5, 0.6) is 0 Å². The van der Waals surface area contributed by atoms with Crippen molar-refractivity contribution in [2.75, 3.05) is 36.8 Å². The fourth-order valence-corrected chi connectivity index (χ4v) is 3.10. The van der Waals surface area contributed by atoms with Crippen molar-refractivity contribution in [1.29, 1.82) is 0 Å². The summed E-state index contributed by atoms with van der Waals surface area (Å²) in [5, 5.41) is -0.0808. The first kappa shape index (κ1) is 19.2. The molecule has 27 heavy (non-hydrogen) atoms. The molecule has 0 saturated carbocycles. The number of pyridine rings is 1. The number of aromatic nitrogens is 3. The molecule has 1 saturated heterocycles. The Balaban J connectivity index is 1.74. The topological polar surface area (TPSA) is 88.2 Å². The Hall–Kier alpha value is -2.62. The number of rotatable bonds is 2. The molecule has 1 amide bonds. The summed E-state index contributed by atoms with van der Waals surface area (Å²) in [6.45, 7) is 1.64. The van der Waals surface area contributed by atoms with Gasteiger partial charge >= 0.3 is 6.18 Å². The Labute approximate surface area is 158 Å². The molecule has 1 fully saturated rings. The fourth-order valence-electron chi connectivity index (χ4n) is 2.81.